The van der Waals surface area contributed by atoms with Crippen LogP contribution in [0.2, 0.25) is 0 Å². The van der Waals surface area contributed by atoms with Crippen LogP contribution in [0.15, 0.2) is 39.8 Å². The molecule has 0 aliphatic carbocycles. The van der Waals surface area contributed by atoms with Crippen LogP contribution in [0.4, 0.5) is 0 Å². The first-order valence-electron chi connectivity index (χ1n) is 7.82. The maximum atomic E-state index is 12.2. The standard InChI is InChI=1S/C16H21N3O5S/c1-3-23-13-4-6-15(7-5-13)25(21,22)18-9-8-16(20)17-11-14-10-12(2)19-24-14/h4-7,10,18H,3,8-9,11H2,1-2H3,(H,17,20). The first-order valence-corrected chi connectivity index (χ1v) is 9.30. The molecule has 8 nitrogen and oxygen atoms in total. The van der Waals surface area contributed by atoms with Crippen LogP contribution >= 0.6 is 0 Å². The monoisotopic (exact) mass is 367 g/mol. The Labute approximate surface area is 146 Å². The van der Waals surface area contributed by atoms with Crippen molar-refractivity contribution >= 4 is 15.9 Å². The van der Waals surface area contributed by atoms with Gasteiger partial charge in [0.1, 0.15) is 5.75 Å². The van der Waals surface area contributed by atoms with E-state index < -0.39 is 10.0 Å². The maximum absolute atomic E-state index is 12.2. The highest BCUT2D eigenvalue weighted by molar-refractivity contribution is 7.89. The van der Waals surface area contributed by atoms with Gasteiger partial charge in [0.25, 0.3) is 0 Å². The van der Waals surface area contributed by atoms with Crippen molar-refractivity contribution in [2.24, 2.45) is 0 Å². The van der Waals surface area contributed by atoms with Crippen molar-refractivity contribution in [3.05, 3.63) is 41.8 Å². The lowest BCUT2D eigenvalue weighted by Gasteiger charge is -2.08. The summed E-state index contributed by atoms with van der Waals surface area (Å²) in [4.78, 5) is 11.9. The second kappa shape index (κ2) is 8.63. The summed E-state index contributed by atoms with van der Waals surface area (Å²) in [6, 6.07) is 7.81. The highest BCUT2D eigenvalue weighted by Crippen LogP contribution is 2.15. The highest BCUT2D eigenvalue weighted by Gasteiger charge is 2.14. The van der Waals surface area contributed by atoms with Gasteiger partial charge >= 0.3 is 0 Å². The number of ether oxygens (including phenoxy) is 1. The zero-order valence-corrected chi connectivity index (χ0v) is 14.9. The third-order valence-corrected chi connectivity index (χ3v) is 4.70. The number of nitrogens with one attached hydrogen (secondary N) is 2. The Balaban J connectivity index is 1.78. The molecule has 0 atom stereocenters. The predicted octanol–water partition coefficient (Wildman–Crippen LogP) is 1.37. The average Bonchev–Trinajstić information content (AvgIpc) is 2.99. The molecule has 0 aliphatic heterocycles. The quantitative estimate of drug-likeness (QED) is 0.692. The fourth-order valence-electron chi connectivity index (χ4n) is 2.04. The van der Waals surface area contributed by atoms with Crippen LogP contribution in [0.1, 0.15) is 24.8 Å². The molecule has 1 aromatic carbocycles. The van der Waals surface area contributed by atoms with Crippen LogP contribution in [-0.4, -0.2) is 32.6 Å². The van der Waals surface area contributed by atoms with E-state index >= 15 is 0 Å². The molecule has 1 heterocycles. The van der Waals surface area contributed by atoms with Crippen molar-refractivity contribution in [1.82, 2.24) is 15.2 Å². The van der Waals surface area contributed by atoms with Gasteiger partial charge < -0.3 is 14.6 Å². The highest BCUT2D eigenvalue weighted by atomic mass is 32.2. The molecule has 2 N–H and O–H groups in total. The lowest BCUT2D eigenvalue weighted by molar-refractivity contribution is -0.121. The third-order valence-electron chi connectivity index (χ3n) is 3.23. The number of aromatic nitrogens is 1. The molecular formula is C16H21N3O5S. The minimum atomic E-state index is -3.67. The van der Waals surface area contributed by atoms with E-state index in [9.17, 15) is 13.2 Å². The van der Waals surface area contributed by atoms with Gasteiger partial charge in [0.15, 0.2) is 5.76 Å². The number of amides is 1. The third kappa shape index (κ3) is 5.87. The van der Waals surface area contributed by atoms with Gasteiger partial charge in [0, 0.05) is 19.0 Å². The fraction of sp³-hybridized carbons (Fsp3) is 0.375. The number of benzene rings is 1. The Morgan fingerprint density at radius 1 is 1.28 bits per heavy atom. The van der Waals surface area contributed by atoms with E-state index in [1.165, 1.54) is 12.1 Å². The van der Waals surface area contributed by atoms with Crippen molar-refractivity contribution in [2.45, 2.75) is 31.7 Å². The Kier molecular flexibility index (Phi) is 6.54. The van der Waals surface area contributed by atoms with E-state index in [-0.39, 0.29) is 30.3 Å². The summed E-state index contributed by atoms with van der Waals surface area (Å²) in [5, 5.41) is 6.35. The summed E-state index contributed by atoms with van der Waals surface area (Å²) in [6.07, 6.45) is 0.0172. The van der Waals surface area contributed by atoms with Gasteiger partial charge in [0.05, 0.1) is 23.7 Å². The molecule has 0 spiro atoms. The molecule has 2 rings (SSSR count). The predicted molar refractivity (Wildman–Crippen MR) is 90.5 cm³/mol. The first-order chi connectivity index (χ1) is 11.9. The first kappa shape index (κ1) is 18.9. The molecule has 2 aromatic rings. The minimum Gasteiger partial charge on any atom is -0.494 e. The summed E-state index contributed by atoms with van der Waals surface area (Å²) in [7, 11) is -3.67. The van der Waals surface area contributed by atoms with Crippen LogP contribution < -0.4 is 14.8 Å². The number of hydrogen-bond donors (Lipinski definition) is 2. The van der Waals surface area contributed by atoms with E-state index in [1.807, 2.05) is 6.92 Å². The van der Waals surface area contributed by atoms with E-state index in [0.717, 1.165) is 5.69 Å². The van der Waals surface area contributed by atoms with Gasteiger partial charge in [-0.3, -0.25) is 4.79 Å². The van der Waals surface area contributed by atoms with Gasteiger partial charge in [-0.05, 0) is 38.1 Å². The summed E-state index contributed by atoms with van der Waals surface area (Å²) < 4.78 is 37.0. The van der Waals surface area contributed by atoms with Crippen molar-refractivity contribution in [3.8, 4) is 5.75 Å². The number of hydrogen-bond acceptors (Lipinski definition) is 6. The molecule has 0 aliphatic rings. The summed E-state index contributed by atoms with van der Waals surface area (Å²) in [6.45, 7) is 4.35. The SMILES string of the molecule is CCOc1ccc(S(=O)(=O)NCCC(=O)NCc2cc(C)no2)cc1. The van der Waals surface area contributed by atoms with E-state index in [2.05, 4.69) is 15.2 Å². The second-order valence-electron chi connectivity index (χ2n) is 5.26. The molecule has 1 aromatic heterocycles. The van der Waals surface area contributed by atoms with Gasteiger partial charge in [-0.15, -0.1) is 0 Å². The van der Waals surface area contributed by atoms with Gasteiger partial charge in [0.2, 0.25) is 15.9 Å². The zero-order chi connectivity index (χ0) is 18.3. The van der Waals surface area contributed by atoms with Crippen molar-refractivity contribution < 1.29 is 22.5 Å². The maximum Gasteiger partial charge on any atom is 0.240 e. The molecule has 9 heteroatoms. The Bertz CT molecular complexity index is 799. The van der Waals surface area contributed by atoms with E-state index in [0.29, 0.717) is 18.1 Å². The molecular weight excluding hydrogens is 346 g/mol. The zero-order valence-electron chi connectivity index (χ0n) is 14.1. The van der Waals surface area contributed by atoms with Crippen molar-refractivity contribution in [3.63, 3.8) is 0 Å². The lowest BCUT2D eigenvalue weighted by atomic mass is 10.3. The largest absolute Gasteiger partial charge is 0.494 e. The number of aryl methyl sites for hydroxylation is 1. The van der Waals surface area contributed by atoms with E-state index in [1.54, 1.807) is 25.1 Å². The molecule has 136 valence electrons. The smallest absolute Gasteiger partial charge is 0.240 e. The number of rotatable bonds is 9. The average molecular weight is 367 g/mol. The van der Waals surface area contributed by atoms with Gasteiger partial charge in [-0.2, -0.15) is 0 Å². The molecule has 0 saturated heterocycles. The number of carbonyl (C=O) groups excluding carboxylic acids is 1. The molecule has 25 heavy (non-hydrogen) atoms. The van der Waals surface area contributed by atoms with Crippen LogP contribution in [0, 0.1) is 6.92 Å². The number of nitrogens with zero attached hydrogens (tertiary/aromatic N) is 1. The minimum absolute atomic E-state index is 0.00316. The van der Waals surface area contributed by atoms with Crippen LogP contribution in [0.3, 0.4) is 0 Å². The molecule has 0 bridgehead atoms. The molecule has 0 saturated carbocycles. The Hall–Kier alpha value is -2.39. The Morgan fingerprint density at radius 2 is 2.00 bits per heavy atom. The van der Waals surface area contributed by atoms with Gasteiger partial charge in [-0.1, -0.05) is 5.16 Å². The second-order valence-corrected chi connectivity index (χ2v) is 7.03. The summed E-state index contributed by atoms with van der Waals surface area (Å²) >= 11 is 0. The molecule has 0 unspecified atom stereocenters. The number of sulfonamides is 1. The molecule has 0 fully saturated rings. The summed E-state index contributed by atoms with van der Waals surface area (Å²) in [5.41, 5.74) is 0.729. The fourth-order valence-corrected chi connectivity index (χ4v) is 3.07. The molecule has 1 amide bonds. The number of carbonyl (C=O) groups is 1. The summed E-state index contributed by atoms with van der Waals surface area (Å²) in [5.74, 6) is 0.854. The van der Waals surface area contributed by atoms with Crippen LogP contribution in [0.5, 0.6) is 5.75 Å². The van der Waals surface area contributed by atoms with Crippen LogP contribution in [-0.2, 0) is 21.4 Å². The molecule has 0 radical (unpaired) electrons. The topological polar surface area (TPSA) is 111 Å². The van der Waals surface area contributed by atoms with Crippen LogP contribution in [0.25, 0.3) is 0 Å². The lowest BCUT2D eigenvalue weighted by Crippen LogP contribution is -2.30. The Morgan fingerprint density at radius 3 is 2.60 bits per heavy atom. The van der Waals surface area contributed by atoms with Crippen molar-refractivity contribution in [2.75, 3.05) is 13.2 Å². The van der Waals surface area contributed by atoms with E-state index in [4.69, 9.17) is 9.26 Å². The van der Waals surface area contributed by atoms with Crippen molar-refractivity contribution in [1.29, 1.82) is 0 Å². The van der Waals surface area contributed by atoms with Gasteiger partial charge in [-0.25, -0.2) is 13.1 Å². The normalized spacial score (nSPS) is 11.3.